The first-order valence-corrected chi connectivity index (χ1v) is 9.22. The van der Waals surface area contributed by atoms with Crippen LogP contribution in [0.4, 0.5) is 0 Å². The van der Waals surface area contributed by atoms with Gasteiger partial charge in [-0.1, -0.05) is 0 Å². The van der Waals surface area contributed by atoms with Crippen molar-refractivity contribution in [3.8, 4) is 17.2 Å². The van der Waals surface area contributed by atoms with Crippen LogP contribution >= 0.6 is 0 Å². The Balaban J connectivity index is 2.00. The second-order valence-corrected chi connectivity index (χ2v) is 6.82. The van der Waals surface area contributed by atoms with Crippen molar-refractivity contribution >= 4 is 5.91 Å². The SMILES string of the molecule is COc1cc(CNC(=O)CN(Cc2ccc(C)o2)C(C)C)cc(OC)c1OC. The number of carbonyl (C=O) groups excluding carboxylic acids is 1. The molecular weight excluding hydrogens is 360 g/mol. The first kappa shape index (κ1) is 21.6. The standard InChI is InChI=1S/C21H30N2O5/c1-14(2)23(12-17-8-7-15(3)28-17)13-20(24)22-11-16-9-18(25-4)21(27-6)19(10-16)26-5/h7-10,14H,11-13H2,1-6H3,(H,22,24). The molecule has 0 aliphatic heterocycles. The lowest BCUT2D eigenvalue weighted by atomic mass is 10.1. The third kappa shape index (κ3) is 5.66. The summed E-state index contributed by atoms with van der Waals surface area (Å²) in [7, 11) is 4.69. The minimum atomic E-state index is -0.0641. The molecule has 154 valence electrons. The third-order valence-electron chi connectivity index (χ3n) is 4.45. The molecule has 0 saturated heterocycles. The molecule has 0 spiro atoms. The lowest BCUT2D eigenvalue weighted by molar-refractivity contribution is -0.123. The Hall–Kier alpha value is -2.67. The van der Waals surface area contributed by atoms with Crippen molar-refractivity contribution in [3.63, 3.8) is 0 Å². The number of hydrogen-bond acceptors (Lipinski definition) is 6. The van der Waals surface area contributed by atoms with E-state index in [2.05, 4.69) is 24.1 Å². The molecule has 2 rings (SSSR count). The summed E-state index contributed by atoms with van der Waals surface area (Å²) in [5.74, 6) is 3.30. The summed E-state index contributed by atoms with van der Waals surface area (Å²) in [6.45, 7) is 7.25. The Morgan fingerprint density at radius 3 is 2.21 bits per heavy atom. The van der Waals surface area contributed by atoms with Gasteiger partial charge in [0, 0.05) is 12.6 Å². The lowest BCUT2D eigenvalue weighted by Gasteiger charge is -2.24. The van der Waals surface area contributed by atoms with Crippen LogP contribution in [0.1, 0.15) is 30.9 Å². The molecule has 1 aromatic heterocycles. The van der Waals surface area contributed by atoms with Gasteiger partial charge in [0.2, 0.25) is 11.7 Å². The summed E-state index contributed by atoms with van der Waals surface area (Å²) in [6.07, 6.45) is 0. The zero-order valence-electron chi connectivity index (χ0n) is 17.5. The summed E-state index contributed by atoms with van der Waals surface area (Å²) in [5.41, 5.74) is 0.862. The number of carbonyl (C=O) groups is 1. The minimum absolute atomic E-state index is 0.0641. The molecule has 28 heavy (non-hydrogen) atoms. The van der Waals surface area contributed by atoms with Crippen molar-refractivity contribution in [2.45, 2.75) is 39.9 Å². The quantitative estimate of drug-likeness (QED) is 0.672. The van der Waals surface area contributed by atoms with E-state index in [9.17, 15) is 4.79 Å². The molecule has 1 amide bonds. The highest BCUT2D eigenvalue weighted by molar-refractivity contribution is 5.78. The van der Waals surface area contributed by atoms with E-state index in [0.717, 1.165) is 17.1 Å². The smallest absolute Gasteiger partial charge is 0.234 e. The number of benzene rings is 1. The first-order chi connectivity index (χ1) is 13.4. The van der Waals surface area contributed by atoms with Gasteiger partial charge in [0.05, 0.1) is 34.4 Å². The van der Waals surface area contributed by atoms with E-state index in [1.165, 1.54) is 0 Å². The second-order valence-electron chi connectivity index (χ2n) is 6.82. The van der Waals surface area contributed by atoms with Gasteiger partial charge in [-0.15, -0.1) is 0 Å². The van der Waals surface area contributed by atoms with Gasteiger partial charge >= 0.3 is 0 Å². The Morgan fingerprint density at radius 2 is 1.75 bits per heavy atom. The van der Waals surface area contributed by atoms with E-state index in [-0.39, 0.29) is 18.5 Å². The number of rotatable bonds is 10. The van der Waals surface area contributed by atoms with Crippen LogP contribution in [0.3, 0.4) is 0 Å². The van der Waals surface area contributed by atoms with Crippen LogP contribution in [0.25, 0.3) is 0 Å². The molecule has 1 N–H and O–H groups in total. The normalized spacial score (nSPS) is 11.0. The average molecular weight is 390 g/mol. The number of hydrogen-bond donors (Lipinski definition) is 1. The maximum absolute atomic E-state index is 12.5. The predicted molar refractivity (Wildman–Crippen MR) is 107 cm³/mol. The Morgan fingerprint density at radius 1 is 1.11 bits per heavy atom. The highest BCUT2D eigenvalue weighted by Crippen LogP contribution is 2.38. The van der Waals surface area contributed by atoms with Gasteiger partial charge in [-0.3, -0.25) is 9.69 Å². The number of ether oxygens (including phenoxy) is 3. The van der Waals surface area contributed by atoms with Crippen LogP contribution in [-0.2, 0) is 17.9 Å². The van der Waals surface area contributed by atoms with Crippen molar-refractivity contribution in [1.82, 2.24) is 10.2 Å². The maximum Gasteiger partial charge on any atom is 0.234 e. The van der Waals surface area contributed by atoms with E-state index in [0.29, 0.717) is 30.3 Å². The topological polar surface area (TPSA) is 73.2 Å². The van der Waals surface area contributed by atoms with E-state index < -0.39 is 0 Å². The van der Waals surface area contributed by atoms with Gasteiger partial charge in [-0.05, 0) is 50.6 Å². The van der Waals surface area contributed by atoms with Crippen molar-refractivity contribution in [2.24, 2.45) is 0 Å². The van der Waals surface area contributed by atoms with Crippen molar-refractivity contribution in [2.75, 3.05) is 27.9 Å². The van der Waals surface area contributed by atoms with Crippen molar-refractivity contribution in [3.05, 3.63) is 41.3 Å². The monoisotopic (exact) mass is 390 g/mol. The molecule has 0 saturated carbocycles. The summed E-state index contributed by atoms with van der Waals surface area (Å²) < 4.78 is 21.7. The number of nitrogens with zero attached hydrogens (tertiary/aromatic N) is 1. The molecule has 0 aliphatic rings. The van der Waals surface area contributed by atoms with Gasteiger partial charge in [0.25, 0.3) is 0 Å². The lowest BCUT2D eigenvalue weighted by Crippen LogP contribution is -2.40. The fourth-order valence-corrected chi connectivity index (χ4v) is 2.87. The Kier molecular flexibility index (Phi) is 7.75. The predicted octanol–water partition coefficient (Wildman–Crippen LogP) is 3.14. The van der Waals surface area contributed by atoms with Crippen LogP contribution in [0.15, 0.2) is 28.7 Å². The maximum atomic E-state index is 12.5. The molecule has 2 aromatic rings. The zero-order valence-corrected chi connectivity index (χ0v) is 17.5. The number of methoxy groups -OCH3 is 3. The van der Waals surface area contributed by atoms with Crippen molar-refractivity contribution in [1.29, 1.82) is 0 Å². The fraction of sp³-hybridized carbons (Fsp3) is 0.476. The highest BCUT2D eigenvalue weighted by Gasteiger charge is 2.17. The van der Waals surface area contributed by atoms with Gasteiger partial charge in [0.1, 0.15) is 11.5 Å². The minimum Gasteiger partial charge on any atom is -0.493 e. The van der Waals surface area contributed by atoms with Crippen LogP contribution < -0.4 is 19.5 Å². The van der Waals surface area contributed by atoms with Crippen LogP contribution in [-0.4, -0.2) is 44.7 Å². The molecule has 0 bridgehead atoms. The number of aryl methyl sites for hydroxylation is 1. The van der Waals surface area contributed by atoms with Crippen LogP contribution in [0.2, 0.25) is 0 Å². The molecule has 0 aliphatic carbocycles. The molecule has 0 unspecified atom stereocenters. The number of nitrogens with one attached hydrogen (secondary N) is 1. The summed E-state index contributed by atoms with van der Waals surface area (Å²) in [4.78, 5) is 14.5. The van der Waals surface area contributed by atoms with Crippen LogP contribution in [0, 0.1) is 6.92 Å². The molecule has 0 radical (unpaired) electrons. The molecule has 1 aromatic carbocycles. The molecular formula is C21H30N2O5. The van der Waals surface area contributed by atoms with Crippen LogP contribution in [0.5, 0.6) is 17.2 Å². The van der Waals surface area contributed by atoms with Gasteiger partial charge in [-0.25, -0.2) is 0 Å². The molecule has 0 fully saturated rings. The van der Waals surface area contributed by atoms with E-state index in [1.54, 1.807) is 21.3 Å². The second kappa shape index (κ2) is 10.0. The highest BCUT2D eigenvalue weighted by atomic mass is 16.5. The molecule has 0 atom stereocenters. The summed E-state index contributed by atoms with van der Waals surface area (Å²) in [5, 5.41) is 2.95. The number of amides is 1. The third-order valence-corrected chi connectivity index (χ3v) is 4.45. The molecule has 7 nitrogen and oxygen atoms in total. The number of furan rings is 1. The van der Waals surface area contributed by atoms with E-state index in [1.807, 2.05) is 31.2 Å². The van der Waals surface area contributed by atoms with Crippen molar-refractivity contribution < 1.29 is 23.4 Å². The van der Waals surface area contributed by atoms with E-state index >= 15 is 0 Å². The van der Waals surface area contributed by atoms with Gasteiger partial charge < -0.3 is 23.9 Å². The van der Waals surface area contributed by atoms with Gasteiger partial charge in [0.15, 0.2) is 11.5 Å². The summed E-state index contributed by atoms with van der Waals surface area (Å²) in [6, 6.07) is 7.73. The molecule has 7 heteroatoms. The average Bonchev–Trinajstić information content (AvgIpc) is 3.09. The first-order valence-electron chi connectivity index (χ1n) is 9.22. The molecule has 1 heterocycles. The van der Waals surface area contributed by atoms with Gasteiger partial charge in [-0.2, -0.15) is 0 Å². The Labute approximate surface area is 166 Å². The fourth-order valence-electron chi connectivity index (χ4n) is 2.87. The summed E-state index contributed by atoms with van der Waals surface area (Å²) >= 11 is 0. The van der Waals surface area contributed by atoms with E-state index in [4.69, 9.17) is 18.6 Å². The Bertz CT molecular complexity index is 760. The largest absolute Gasteiger partial charge is 0.493 e. The zero-order chi connectivity index (χ0) is 20.7.